The van der Waals surface area contributed by atoms with Gasteiger partial charge in [0, 0.05) is 25.7 Å². The SMILES string of the molecule is Cn1c(CN2CCOCC2)nnc1SCC(=O)c1ccc(F)cc1. The van der Waals surface area contributed by atoms with E-state index in [4.69, 9.17) is 4.74 Å². The molecule has 0 bridgehead atoms. The highest BCUT2D eigenvalue weighted by Crippen LogP contribution is 2.18. The molecule has 0 N–H and O–H groups in total. The molecular formula is C16H19FN4O2S. The predicted octanol–water partition coefficient (Wildman–Crippen LogP) is 1.76. The number of rotatable bonds is 6. The number of benzene rings is 1. The highest BCUT2D eigenvalue weighted by Gasteiger charge is 2.16. The summed E-state index contributed by atoms with van der Waals surface area (Å²) >= 11 is 1.34. The van der Waals surface area contributed by atoms with Crippen molar-refractivity contribution in [3.63, 3.8) is 0 Å². The number of aromatic nitrogens is 3. The Bertz CT molecular complexity index is 699. The van der Waals surface area contributed by atoms with E-state index < -0.39 is 0 Å². The zero-order valence-electron chi connectivity index (χ0n) is 13.4. The van der Waals surface area contributed by atoms with Crippen molar-refractivity contribution < 1.29 is 13.9 Å². The van der Waals surface area contributed by atoms with Crippen molar-refractivity contribution in [1.82, 2.24) is 19.7 Å². The Labute approximate surface area is 144 Å². The zero-order chi connectivity index (χ0) is 16.9. The van der Waals surface area contributed by atoms with Gasteiger partial charge in [0.2, 0.25) is 0 Å². The first kappa shape index (κ1) is 17.1. The number of hydrogen-bond donors (Lipinski definition) is 0. The third-order valence-electron chi connectivity index (χ3n) is 3.89. The minimum absolute atomic E-state index is 0.0577. The number of thioether (sulfide) groups is 1. The summed E-state index contributed by atoms with van der Waals surface area (Å²) in [6, 6.07) is 5.58. The van der Waals surface area contributed by atoms with Gasteiger partial charge in [-0.1, -0.05) is 11.8 Å². The third-order valence-corrected chi connectivity index (χ3v) is 4.91. The second kappa shape index (κ2) is 7.87. The number of ether oxygens (including phenoxy) is 1. The van der Waals surface area contributed by atoms with Crippen LogP contribution in [-0.2, 0) is 18.3 Å². The number of nitrogens with zero attached hydrogens (tertiary/aromatic N) is 4. The molecule has 0 unspecified atom stereocenters. The van der Waals surface area contributed by atoms with E-state index in [0.29, 0.717) is 10.7 Å². The molecule has 0 atom stereocenters. The fourth-order valence-electron chi connectivity index (χ4n) is 2.42. The molecule has 6 nitrogen and oxygen atoms in total. The van der Waals surface area contributed by atoms with Crippen LogP contribution in [0.2, 0.25) is 0 Å². The normalized spacial score (nSPS) is 15.6. The van der Waals surface area contributed by atoms with Gasteiger partial charge in [-0.05, 0) is 24.3 Å². The first-order valence-electron chi connectivity index (χ1n) is 7.73. The smallest absolute Gasteiger partial charge is 0.191 e. The first-order chi connectivity index (χ1) is 11.6. The van der Waals surface area contributed by atoms with E-state index in [2.05, 4.69) is 15.1 Å². The minimum atomic E-state index is -0.347. The molecule has 1 aromatic carbocycles. The van der Waals surface area contributed by atoms with Crippen LogP contribution in [0.3, 0.4) is 0 Å². The van der Waals surface area contributed by atoms with Gasteiger partial charge in [0.05, 0.1) is 25.5 Å². The molecule has 1 aliphatic rings. The van der Waals surface area contributed by atoms with E-state index in [0.717, 1.165) is 38.7 Å². The highest BCUT2D eigenvalue weighted by atomic mass is 32.2. The molecule has 1 fully saturated rings. The fraction of sp³-hybridized carbons (Fsp3) is 0.438. The summed E-state index contributed by atoms with van der Waals surface area (Å²) in [6.07, 6.45) is 0. The average Bonchev–Trinajstić information content (AvgIpc) is 2.94. The van der Waals surface area contributed by atoms with Crippen LogP contribution in [0.5, 0.6) is 0 Å². The molecule has 0 radical (unpaired) electrons. The molecule has 0 saturated carbocycles. The molecule has 2 heterocycles. The van der Waals surface area contributed by atoms with E-state index in [1.807, 2.05) is 11.6 Å². The summed E-state index contributed by atoms with van der Waals surface area (Å²) in [6.45, 7) is 3.98. The maximum atomic E-state index is 12.9. The Kier molecular flexibility index (Phi) is 5.60. The summed E-state index contributed by atoms with van der Waals surface area (Å²) < 4.78 is 20.2. The van der Waals surface area contributed by atoms with Crippen molar-refractivity contribution >= 4 is 17.5 Å². The Morgan fingerprint density at radius 1 is 1.25 bits per heavy atom. The molecule has 128 valence electrons. The van der Waals surface area contributed by atoms with E-state index in [-0.39, 0.29) is 17.4 Å². The monoisotopic (exact) mass is 350 g/mol. The van der Waals surface area contributed by atoms with Crippen LogP contribution >= 0.6 is 11.8 Å². The van der Waals surface area contributed by atoms with Gasteiger partial charge >= 0.3 is 0 Å². The third kappa shape index (κ3) is 4.19. The number of ketones is 1. The van der Waals surface area contributed by atoms with E-state index in [9.17, 15) is 9.18 Å². The lowest BCUT2D eigenvalue weighted by Crippen LogP contribution is -2.36. The number of halogens is 1. The summed E-state index contributed by atoms with van der Waals surface area (Å²) in [5.41, 5.74) is 0.500. The van der Waals surface area contributed by atoms with Crippen LogP contribution in [-0.4, -0.2) is 57.5 Å². The van der Waals surface area contributed by atoms with Crippen LogP contribution in [0.15, 0.2) is 29.4 Å². The summed E-state index contributed by atoms with van der Waals surface area (Å²) in [7, 11) is 1.90. The molecule has 8 heteroatoms. The topological polar surface area (TPSA) is 60.2 Å². The lowest BCUT2D eigenvalue weighted by molar-refractivity contribution is 0.0326. The Morgan fingerprint density at radius 3 is 2.67 bits per heavy atom. The molecule has 1 aliphatic heterocycles. The van der Waals surface area contributed by atoms with Crippen molar-refractivity contribution in [2.45, 2.75) is 11.7 Å². The van der Waals surface area contributed by atoms with Crippen molar-refractivity contribution in [2.75, 3.05) is 32.1 Å². The standard InChI is InChI=1S/C16H19FN4O2S/c1-20-15(10-21-6-8-23-9-7-21)18-19-16(20)24-11-14(22)12-2-4-13(17)5-3-12/h2-5H,6-11H2,1H3. The van der Waals surface area contributed by atoms with Gasteiger partial charge in [-0.3, -0.25) is 9.69 Å². The molecule has 1 aromatic heterocycles. The Balaban J connectivity index is 1.57. The molecule has 3 rings (SSSR count). The molecule has 2 aromatic rings. The quantitative estimate of drug-likeness (QED) is 0.584. The number of carbonyl (C=O) groups is 1. The molecule has 24 heavy (non-hydrogen) atoms. The zero-order valence-corrected chi connectivity index (χ0v) is 14.3. The number of hydrogen-bond acceptors (Lipinski definition) is 6. The Hall–Kier alpha value is -1.77. The number of morpholine rings is 1. The number of carbonyl (C=O) groups excluding carboxylic acids is 1. The van der Waals surface area contributed by atoms with Crippen molar-refractivity contribution in [1.29, 1.82) is 0 Å². The van der Waals surface area contributed by atoms with Gasteiger partial charge in [0.25, 0.3) is 0 Å². The maximum Gasteiger partial charge on any atom is 0.191 e. The molecule has 0 amide bonds. The van der Waals surface area contributed by atoms with Gasteiger partial charge in [-0.2, -0.15) is 0 Å². The lowest BCUT2D eigenvalue weighted by Gasteiger charge is -2.25. The van der Waals surface area contributed by atoms with Crippen molar-refractivity contribution in [3.05, 3.63) is 41.5 Å². The summed E-state index contributed by atoms with van der Waals surface area (Å²) in [5.74, 6) is 0.710. The van der Waals surface area contributed by atoms with Crippen molar-refractivity contribution in [2.24, 2.45) is 7.05 Å². The average molecular weight is 350 g/mol. The maximum absolute atomic E-state index is 12.9. The van der Waals surface area contributed by atoms with Crippen LogP contribution in [0.1, 0.15) is 16.2 Å². The lowest BCUT2D eigenvalue weighted by atomic mass is 10.1. The number of Topliss-reactive ketones (excluding diaryl/α,β-unsaturated/α-hetero) is 1. The van der Waals surface area contributed by atoms with Crippen LogP contribution < -0.4 is 0 Å². The fourth-order valence-corrected chi connectivity index (χ4v) is 3.24. The van der Waals surface area contributed by atoms with Gasteiger partial charge in [0.15, 0.2) is 10.9 Å². The van der Waals surface area contributed by atoms with Gasteiger partial charge in [-0.25, -0.2) is 4.39 Å². The summed E-state index contributed by atoms with van der Waals surface area (Å²) in [5, 5.41) is 9.09. The van der Waals surface area contributed by atoms with Crippen LogP contribution in [0.25, 0.3) is 0 Å². The predicted molar refractivity (Wildman–Crippen MR) is 88.6 cm³/mol. The highest BCUT2D eigenvalue weighted by molar-refractivity contribution is 7.99. The van der Waals surface area contributed by atoms with Crippen molar-refractivity contribution in [3.8, 4) is 0 Å². The first-order valence-corrected chi connectivity index (χ1v) is 8.72. The van der Waals surface area contributed by atoms with Crippen LogP contribution in [0.4, 0.5) is 4.39 Å². The second-order valence-electron chi connectivity index (χ2n) is 5.57. The van der Waals surface area contributed by atoms with Crippen LogP contribution in [0, 0.1) is 5.82 Å². The largest absolute Gasteiger partial charge is 0.379 e. The van der Waals surface area contributed by atoms with E-state index in [1.165, 1.54) is 36.0 Å². The molecule has 0 aliphatic carbocycles. The summed E-state index contributed by atoms with van der Waals surface area (Å²) in [4.78, 5) is 14.4. The van der Waals surface area contributed by atoms with Gasteiger partial charge in [0.1, 0.15) is 11.6 Å². The second-order valence-corrected chi connectivity index (χ2v) is 6.51. The van der Waals surface area contributed by atoms with E-state index in [1.54, 1.807) is 0 Å². The van der Waals surface area contributed by atoms with E-state index >= 15 is 0 Å². The molecule has 0 spiro atoms. The minimum Gasteiger partial charge on any atom is -0.379 e. The van der Waals surface area contributed by atoms with Gasteiger partial charge in [-0.15, -0.1) is 10.2 Å². The molecular weight excluding hydrogens is 331 g/mol. The molecule has 1 saturated heterocycles. The Morgan fingerprint density at radius 2 is 1.96 bits per heavy atom. The van der Waals surface area contributed by atoms with Gasteiger partial charge < -0.3 is 9.30 Å².